The van der Waals surface area contributed by atoms with Gasteiger partial charge in [0.1, 0.15) is 5.82 Å². The van der Waals surface area contributed by atoms with Gasteiger partial charge >= 0.3 is 0 Å². The zero-order valence-electron chi connectivity index (χ0n) is 14.5. The van der Waals surface area contributed by atoms with Crippen LogP contribution in [0.5, 0.6) is 0 Å². The average Bonchev–Trinajstić information content (AvgIpc) is 3.07. The molecule has 25 heavy (non-hydrogen) atoms. The van der Waals surface area contributed by atoms with E-state index in [1.807, 2.05) is 50.5 Å². The Morgan fingerprint density at radius 1 is 1.24 bits per heavy atom. The fourth-order valence-electron chi connectivity index (χ4n) is 2.31. The highest BCUT2D eigenvalue weighted by molar-refractivity contribution is 7.99. The van der Waals surface area contributed by atoms with Gasteiger partial charge in [-0.1, -0.05) is 23.9 Å². The Bertz CT molecular complexity index is 896. The van der Waals surface area contributed by atoms with Crippen LogP contribution in [-0.2, 0) is 4.79 Å². The number of thiazole rings is 1. The Morgan fingerprint density at radius 2 is 2.04 bits per heavy atom. The predicted molar refractivity (Wildman–Crippen MR) is 102 cm³/mol. The summed E-state index contributed by atoms with van der Waals surface area (Å²) in [4.78, 5) is 17.6. The van der Waals surface area contributed by atoms with Gasteiger partial charge < -0.3 is 5.32 Å². The van der Waals surface area contributed by atoms with Crippen molar-refractivity contribution in [2.45, 2.75) is 32.9 Å². The van der Waals surface area contributed by atoms with E-state index in [0.29, 0.717) is 10.3 Å². The lowest BCUT2D eigenvalue weighted by Crippen LogP contribution is -2.14. The quantitative estimate of drug-likeness (QED) is 0.691. The lowest BCUT2D eigenvalue weighted by atomic mass is 10.2. The minimum atomic E-state index is -0.102. The lowest BCUT2D eigenvalue weighted by Gasteiger charge is -2.09. The molecule has 0 saturated heterocycles. The van der Waals surface area contributed by atoms with Gasteiger partial charge in [0.2, 0.25) is 5.91 Å². The van der Waals surface area contributed by atoms with Crippen LogP contribution in [0.2, 0.25) is 0 Å². The third-order valence-electron chi connectivity index (χ3n) is 3.66. The number of nitrogens with one attached hydrogen (secondary N) is 1. The Kier molecular flexibility index (Phi) is 5.19. The number of amides is 1. The van der Waals surface area contributed by atoms with Crippen molar-refractivity contribution in [3.05, 3.63) is 46.2 Å². The number of nitrogens with zero attached hydrogens (tertiary/aromatic N) is 4. The number of anilines is 1. The average molecular weight is 374 g/mol. The number of thioether (sulfide) groups is 1. The molecule has 3 aromatic rings. The molecule has 0 bridgehead atoms. The minimum Gasteiger partial charge on any atom is -0.301 e. The van der Waals surface area contributed by atoms with Gasteiger partial charge in [-0.2, -0.15) is 0 Å². The molecule has 8 heteroatoms. The molecule has 2 aromatic heterocycles. The van der Waals surface area contributed by atoms with E-state index in [1.165, 1.54) is 23.1 Å². The zero-order chi connectivity index (χ0) is 18.0. The van der Waals surface area contributed by atoms with Crippen LogP contribution < -0.4 is 5.32 Å². The molecule has 0 aliphatic rings. The first-order chi connectivity index (χ1) is 11.9. The van der Waals surface area contributed by atoms with Gasteiger partial charge in [-0.25, -0.2) is 4.98 Å². The highest BCUT2D eigenvalue weighted by Gasteiger charge is 2.14. The van der Waals surface area contributed by atoms with E-state index in [9.17, 15) is 4.79 Å². The van der Waals surface area contributed by atoms with Crippen LogP contribution in [0, 0.1) is 27.7 Å². The van der Waals surface area contributed by atoms with Crippen molar-refractivity contribution in [2.75, 3.05) is 11.1 Å². The predicted octanol–water partition coefficient (Wildman–Crippen LogP) is 3.69. The van der Waals surface area contributed by atoms with Crippen LogP contribution in [0.1, 0.15) is 22.0 Å². The summed E-state index contributed by atoms with van der Waals surface area (Å²) >= 11 is 2.85. The van der Waals surface area contributed by atoms with Crippen molar-refractivity contribution in [1.29, 1.82) is 0 Å². The molecule has 0 fully saturated rings. The van der Waals surface area contributed by atoms with E-state index in [0.717, 1.165) is 27.6 Å². The smallest absolute Gasteiger partial charge is 0.236 e. The van der Waals surface area contributed by atoms with Gasteiger partial charge in [0, 0.05) is 10.6 Å². The van der Waals surface area contributed by atoms with E-state index >= 15 is 0 Å². The molecular formula is C17H19N5OS2. The SMILES string of the molecule is Cc1cccc(-n2c(C)nnc2SCC(=O)Nc2nc(C)c(C)s2)c1. The highest BCUT2D eigenvalue weighted by atomic mass is 32.2. The van der Waals surface area contributed by atoms with Crippen LogP contribution in [0.15, 0.2) is 29.4 Å². The molecule has 1 N–H and O–H groups in total. The molecule has 130 valence electrons. The van der Waals surface area contributed by atoms with E-state index in [-0.39, 0.29) is 11.7 Å². The standard InChI is InChI=1S/C17H19N5OS2/c1-10-6-5-7-14(8-10)22-13(4)20-21-17(22)24-9-15(23)19-16-18-11(2)12(3)25-16/h5-8H,9H2,1-4H3,(H,18,19,23). The molecule has 0 atom stereocenters. The first kappa shape index (κ1) is 17.6. The molecule has 1 amide bonds. The maximum atomic E-state index is 12.2. The monoisotopic (exact) mass is 373 g/mol. The number of hydrogen-bond donors (Lipinski definition) is 1. The highest BCUT2D eigenvalue weighted by Crippen LogP contribution is 2.24. The Hall–Kier alpha value is -2.19. The number of aromatic nitrogens is 4. The van der Waals surface area contributed by atoms with Crippen LogP contribution in [0.3, 0.4) is 0 Å². The molecular weight excluding hydrogens is 354 g/mol. The van der Waals surface area contributed by atoms with E-state index in [2.05, 4.69) is 26.6 Å². The summed E-state index contributed by atoms with van der Waals surface area (Å²) in [6, 6.07) is 8.12. The van der Waals surface area contributed by atoms with Crippen molar-refractivity contribution in [2.24, 2.45) is 0 Å². The van der Waals surface area contributed by atoms with Gasteiger partial charge in [0.25, 0.3) is 0 Å². The normalized spacial score (nSPS) is 10.9. The summed E-state index contributed by atoms with van der Waals surface area (Å²) in [5, 5.41) is 12.5. The summed E-state index contributed by atoms with van der Waals surface area (Å²) in [6.07, 6.45) is 0. The third-order valence-corrected chi connectivity index (χ3v) is 5.58. The maximum absolute atomic E-state index is 12.2. The van der Waals surface area contributed by atoms with Gasteiger partial charge in [-0.15, -0.1) is 21.5 Å². The van der Waals surface area contributed by atoms with Crippen molar-refractivity contribution in [3.8, 4) is 5.69 Å². The molecule has 3 rings (SSSR count). The third kappa shape index (κ3) is 4.08. The van der Waals surface area contributed by atoms with Crippen LogP contribution in [0.25, 0.3) is 5.69 Å². The number of rotatable bonds is 5. The van der Waals surface area contributed by atoms with Crippen LogP contribution >= 0.6 is 23.1 Å². The lowest BCUT2D eigenvalue weighted by molar-refractivity contribution is -0.113. The molecule has 2 heterocycles. The number of carbonyl (C=O) groups excluding carboxylic acids is 1. The second kappa shape index (κ2) is 7.37. The second-order valence-electron chi connectivity index (χ2n) is 5.70. The molecule has 0 unspecified atom stereocenters. The van der Waals surface area contributed by atoms with Gasteiger partial charge in [-0.05, 0) is 45.4 Å². The summed E-state index contributed by atoms with van der Waals surface area (Å²) in [6.45, 7) is 7.87. The Morgan fingerprint density at radius 3 is 2.72 bits per heavy atom. The maximum Gasteiger partial charge on any atom is 0.236 e. The molecule has 0 aliphatic heterocycles. The summed E-state index contributed by atoms with van der Waals surface area (Å²) in [7, 11) is 0. The molecule has 0 aliphatic carbocycles. The summed E-state index contributed by atoms with van der Waals surface area (Å²) in [5.74, 6) is 0.941. The fraction of sp³-hybridized carbons (Fsp3) is 0.294. The van der Waals surface area contributed by atoms with Gasteiger partial charge in [0.15, 0.2) is 10.3 Å². The zero-order valence-corrected chi connectivity index (χ0v) is 16.2. The van der Waals surface area contributed by atoms with Crippen molar-refractivity contribution in [1.82, 2.24) is 19.7 Å². The first-order valence-corrected chi connectivity index (χ1v) is 9.60. The van der Waals surface area contributed by atoms with Gasteiger partial charge in [0.05, 0.1) is 11.4 Å². The van der Waals surface area contributed by atoms with Crippen molar-refractivity contribution in [3.63, 3.8) is 0 Å². The molecule has 6 nitrogen and oxygen atoms in total. The largest absolute Gasteiger partial charge is 0.301 e. The van der Waals surface area contributed by atoms with Crippen molar-refractivity contribution < 1.29 is 4.79 Å². The van der Waals surface area contributed by atoms with Crippen LogP contribution in [-0.4, -0.2) is 31.4 Å². The summed E-state index contributed by atoms with van der Waals surface area (Å²) in [5.41, 5.74) is 3.10. The molecule has 0 radical (unpaired) electrons. The minimum absolute atomic E-state index is 0.102. The number of hydrogen-bond acceptors (Lipinski definition) is 6. The Labute approximate surface area is 154 Å². The van der Waals surface area contributed by atoms with Crippen LogP contribution in [0.4, 0.5) is 5.13 Å². The van der Waals surface area contributed by atoms with E-state index in [1.54, 1.807) is 0 Å². The number of benzene rings is 1. The molecule has 0 spiro atoms. The van der Waals surface area contributed by atoms with E-state index < -0.39 is 0 Å². The van der Waals surface area contributed by atoms with Gasteiger partial charge in [-0.3, -0.25) is 9.36 Å². The first-order valence-electron chi connectivity index (χ1n) is 7.80. The second-order valence-corrected chi connectivity index (χ2v) is 7.85. The number of aryl methyl sites for hydroxylation is 4. The van der Waals surface area contributed by atoms with E-state index in [4.69, 9.17) is 0 Å². The van der Waals surface area contributed by atoms with Crippen molar-refractivity contribution >= 4 is 34.1 Å². The topological polar surface area (TPSA) is 72.7 Å². The fourth-order valence-corrected chi connectivity index (χ4v) is 3.94. The number of carbonyl (C=O) groups is 1. The molecule has 0 saturated carbocycles. The Balaban J connectivity index is 1.70. The molecule has 1 aromatic carbocycles. The summed E-state index contributed by atoms with van der Waals surface area (Å²) < 4.78 is 1.96.